The van der Waals surface area contributed by atoms with Crippen molar-refractivity contribution in [1.29, 1.82) is 0 Å². The third-order valence-electron chi connectivity index (χ3n) is 3.33. The molecule has 6 heteroatoms. The van der Waals surface area contributed by atoms with Crippen LogP contribution in [0.4, 0.5) is 0 Å². The van der Waals surface area contributed by atoms with Gasteiger partial charge in [0.2, 0.25) is 10.0 Å². The molecule has 2 rings (SSSR count). The first-order chi connectivity index (χ1) is 10.1. The summed E-state index contributed by atoms with van der Waals surface area (Å²) in [5, 5.41) is 0. The van der Waals surface area contributed by atoms with Gasteiger partial charge >= 0.3 is 0 Å². The van der Waals surface area contributed by atoms with Gasteiger partial charge < -0.3 is 10.5 Å². The van der Waals surface area contributed by atoms with Crippen molar-refractivity contribution in [2.24, 2.45) is 11.7 Å². The number of sulfonamides is 1. The molecule has 1 fully saturated rings. The Labute approximate surface area is 125 Å². The molecule has 5 nitrogen and oxygen atoms in total. The predicted octanol–water partition coefficient (Wildman–Crippen LogP) is 1.08. The molecule has 0 spiro atoms. The van der Waals surface area contributed by atoms with E-state index < -0.39 is 10.0 Å². The van der Waals surface area contributed by atoms with Gasteiger partial charge in [0.1, 0.15) is 10.6 Å². The molecule has 0 amide bonds. The first-order valence-corrected chi connectivity index (χ1v) is 8.42. The van der Waals surface area contributed by atoms with Gasteiger partial charge in [-0.2, -0.15) is 0 Å². The summed E-state index contributed by atoms with van der Waals surface area (Å²) in [7, 11) is -2.14. The van der Waals surface area contributed by atoms with Gasteiger partial charge in [0, 0.05) is 12.1 Å². The van der Waals surface area contributed by atoms with Crippen molar-refractivity contribution in [1.82, 2.24) is 4.72 Å². The maximum atomic E-state index is 12.4. The molecule has 0 radical (unpaired) electrons. The molecular formula is C15H20N2O3S. The summed E-state index contributed by atoms with van der Waals surface area (Å²) in [4.78, 5) is 0.115. The van der Waals surface area contributed by atoms with Crippen LogP contribution < -0.4 is 15.2 Å². The van der Waals surface area contributed by atoms with Crippen molar-refractivity contribution in [3.63, 3.8) is 0 Å². The van der Waals surface area contributed by atoms with Crippen LogP contribution >= 0.6 is 0 Å². The highest BCUT2D eigenvalue weighted by atomic mass is 32.2. The summed E-state index contributed by atoms with van der Waals surface area (Å²) in [5.41, 5.74) is 5.93. The lowest BCUT2D eigenvalue weighted by atomic mass is 10.2. The largest absolute Gasteiger partial charge is 0.495 e. The molecule has 1 aliphatic rings. The summed E-state index contributed by atoms with van der Waals surface area (Å²) in [6.07, 6.45) is 3.29. The Morgan fingerprint density at radius 2 is 2.19 bits per heavy atom. The van der Waals surface area contributed by atoms with Gasteiger partial charge in [0.05, 0.1) is 13.7 Å². The number of ether oxygens (including phenoxy) is 1. The van der Waals surface area contributed by atoms with Crippen LogP contribution in [0.1, 0.15) is 24.8 Å². The molecule has 3 N–H and O–H groups in total. The highest BCUT2D eigenvalue weighted by Gasteiger charge is 2.23. The lowest BCUT2D eigenvalue weighted by molar-refractivity contribution is 0.402. The average Bonchev–Trinajstić information content (AvgIpc) is 3.29. The van der Waals surface area contributed by atoms with Crippen molar-refractivity contribution in [3.8, 4) is 17.6 Å². The Hall–Kier alpha value is -1.55. The Bertz CT molecular complexity index is 655. The van der Waals surface area contributed by atoms with Gasteiger partial charge in [0.15, 0.2) is 0 Å². The minimum absolute atomic E-state index is 0.115. The molecule has 0 bridgehead atoms. The van der Waals surface area contributed by atoms with E-state index in [2.05, 4.69) is 16.6 Å². The second-order valence-corrected chi connectivity index (χ2v) is 6.74. The van der Waals surface area contributed by atoms with E-state index in [1.165, 1.54) is 26.0 Å². The maximum absolute atomic E-state index is 12.4. The maximum Gasteiger partial charge on any atom is 0.244 e. The second-order valence-electron chi connectivity index (χ2n) is 5.00. The van der Waals surface area contributed by atoms with Crippen LogP contribution in [-0.2, 0) is 10.0 Å². The smallest absolute Gasteiger partial charge is 0.244 e. The number of rotatable bonds is 6. The van der Waals surface area contributed by atoms with Crippen LogP contribution in [0.2, 0.25) is 0 Å². The molecule has 1 aromatic carbocycles. The van der Waals surface area contributed by atoms with Crippen LogP contribution in [0.5, 0.6) is 5.75 Å². The van der Waals surface area contributed by atoms with Crippen LogP contribution in [0.25, 0.3) is 0 Å². The number of benzene rings is 1. The average molecular weight is 308 g/mol. The third-order valence-corrected chi connectivity index (χ3v) is 4.81. The number of nitrogens with two attached hydrogens (primary N) is 1. The third kappa shape index (κ3) is 4.46. The number of hydrogen-bond donors (Lipinski definition) is 2. The molecular weight excluding hydrogens is 288 g/mol. The van der Waals surface area contributed by atoms with Crippen LogP contribution in [0.3, 0.4) is 0 Å². The Morgan fingerprint density at radius 1 is 1.43 bits per heavy atom. The van der Waals surface area contributed by atoms with E-state index in [1.54, 1.807) is 12.1 Å². The second kappa shape index (κ2) is 6.94. The minimum Gasteiger partial charge on any atom is -0.495 e. The zero-order valence-corrected chi connectivity index (χ0v) is 12.9. The molecule has 21 heavy (non-hydrogen) atoms. The van der Waals surface area contributed by atoms with Crippen molar-refractivity contribution < 1.29 is 13.2 Å². The first kappa shape index (κ1) is 15.8. The summed E-state index contributed by atoms with van der Waals surface area (Å²) < 4.78 is 32.5. The standard InChI is InChI=1S/C15H20N2O3S/c1-20-14-7-6-13(3-2-9-16)11-15(14)21(18,19)17-10-8-12-4-5-12/h6-7,11-12,17H,4-5,8-10,16H2,1H3. The number of nitrogens with one attached hydrogen (secondary N) is 1. The van der Waals surface area contributed by atoms with Crippen molar-refractivity contribution >= 4 is 10.0 Å². The lowest BCUT2D eigenvalue weighted by Gasteiger charge is -2.11. The molecule has 114 valence electrons. The first-order valence-electron chi connectivity index (χ1n) is 6.93. The van der Waals surface area contributed by atoms with Crippen molar-refractivity contribution in [3.05, 3.63) is 23.8 Å². The fraction of sp³-hybridized carbons (Fsp3) is 0.467. The molecule has 0 saturated heterocycles. The zero-order chi connectivity index (χ0) is 15.3. The minimum atomic E-state index is -3.59. The van der Waals surface area contributed by atoms with Gasteiger partial charge in [-0.15, -0.1) is 0 Å². The van der Waals surface area contributed by atoms with Gasteiger partial charge in [-0.05, 0) is 30.5 Å². The van der Waals surface area contributed by atoms with E-state index in [-0.39, 0.29) is 11.4 Å². The molecule has 1 aromatic rings. The van der Waals surface area contributed by atoms with Crippen molar-refractivity contribution in [2.75, 3.05) is 20.2 Å². The van der Waals surface area contributed by atoms with Crippen LogP contribution in [-0.4, -0.2) is 28.6 Å². The quantitative estimate of drug-likeness (QED) is 0.771. The highest BCUT2D eigenvalue weighted by molar-refractivity contribution is 7.89. The van der Waals surface area contributed by atoms with E-state index in [9.17, 15) is 8.42 Å². The van der Waals surface area contributed by atoms with E-state index in [0.717, 1.165) is 6.42 Å². The monoisotopic (exact) mass is 308 g/mol. The number of methoxy groups -OCH3 is 1. The van der Waals surface area contributed by atoms with E-state index in [1.807, 2.05) is 0 Å². The molecule has 0 unspecified atom stereocenters. The predicted molar refractivity (Wildman–Crippen MR) is 81.5 cm³/mol. The fourth-order valence-corrected chi connectivity index (χ4v) is 3.24. The Balaban J connectivity index is 2.20. The van der Waals surface area contributed by atoms with Gasteiger partial charge in [-0.1, -0.05) is 24.7 Å². The summed E-state index contributed by atoms with van der Waals surface area (Å²) in [6, 6.07) is 4.83. The van der Waals surface area contributed by atoms with Gasteiger partial charge in [0.25, 0.3) is 0 Å². The molecule has 1 saturated carbocycles. The molecule has 1 aliphatic carbocycles. The number of hydrogen-bond acceptors (Lipinski definition) is 4. The fourth-order valence-electron chi connectivity index (χ4n) is 2.00. The van der Waals surface area contributed by atoms with E-state index in [0.29, 0.717) is 23.8 Å². The summed E-state index contributed by atoms with van der Waals surface area (Å²) in [5.74, 6) is 6.53. The summed E-state index contributed by atoms with van der Waals surface area (Å²) in [6.45, 7) is 0.683. The summed E-state index contributed by atoms with van der Waals surface area (Å²) >= 11 is 0. The van der Waals surface area contributed by atoms with Gasteiger partial charge in [-0.25, -0.2) is 13.1 Å². The van der Waals surface area contributed by atoms with Crippen molar-refractivity contribution in [2.45, 2.75) is 24.2 Å². The Kier molecular flexibility index (Phi) is 5.23. The normalized spacial score (nSPS) is 14.4. The molecule has 0 atom stereocenters. The van der Waals surface area contributed by atoms with Gasteiger partial charge in [-0.3, -0.25) is 0 Å². The zero-order valence-electron chi connectivity index (χ0n) is 12.1. The highest BCUT2D eigenvalue weighted by Crippen LogP contribution is 2.32. The lowest BCUT2D eigenvalue weighted by Crippen LogP contribution is -2.25. The van der Waals surface area contributed by atoms with E-state index >= 15 is 0 Å². The SMILES string of the molecule is COc1ccc(C#CCN)cc1S(=O)(=O)NCCC1CC1. The topological polar surface area (TPSA) is 81.4 Å². The molecule has 0 aromatic heterocycles. The molecule has 0 heterocycles. The van der Waals surface area contributed by atoms with Crippen LogP contribution in [0, 0.1) is 17.8 Å². The Morgan fingerprint density at radius 3 is 2.81 bits per heavy atom. The van der Waals surface area contributed by atoms with E-state index in [4.69, 9.17) is 10.5 Å². The molecule has 0 aliphatic heterocycles. The van der Waals surface area contributed by atoms with Crippen LogP contribution in [0.15, 0.2) is 23.1 Å².